The number of nitrogens with one attached hydrogen (secondary N) is 1. The zero-order valence-corrected chi connectivity index (χ0v) is 10.1. The van der Waals surface area contributed by atoms with Crippen LogP contribution in [0.25, 0.3) is 0 Å². The predicted octanol–water partition coefficient (Wildman–Crippen LogP) is 2.58. The molecule has 0 aromatic carbocycles. The molecule has 14 heavy (non-hydrogen) atoms. The van der Waals surface area contributed by atoms with E-state index in [1.165, 1.54) is 12.8 Å². The summed E-state index contributed by atoms with van der Waals surface area (Å²) in [6.45, 7) is 10.7. The van der Waals surface area contributed by atoms with Crippen molar-refractivity contribution in [2.45, 2.75) is 53.5 Å². The van der Waals surface area contributed by atoms with Gasteiger partial charge in [-0.3, -0.25) is 4.79 Å². The van der Waals surface area contributed by atoms with Crippen molar-refractivity contribution < 1.29 is 4.79 Å². The number of hydrogen-bond donors (Lipinski definition) is 1. The minimum atomic E-state index is 0.0626. The van der Waals surface area contributed by atoms with Gasteiger partial charge >= 0.3 is 0 Å². The average Bonchev–Trinajstić information content (AvgIpc) is 2.65. The van der Waals surface area contributed by atoms with E-state index in [-0.39, 0.29) is 17.2 Å². The van der Waals surface area contributed by atoms with E-state index in [1.54, 1.807) is 0 Å². The highest BCUT2D eigenvalue weighted by atomic mass is 16.2. The van der Waals surface area contributed by atoms with Crippen molar-refractivity contribution in [2.24, 2.45) is 17.3 Å². The van der Waals surface area contributed by atoms with Crippen LogP contribution in [-0.2, 0) is 4.79 Å². The molecular weight excluding hydrogens is 174 g/mol. The largest absolute Gasteiger partial charge is 0.353 e. The summed E-state index contributed by atoms with van der Waals surface area (Å²) in [4.78, 5) is 12.0. The number of hydrogen-bond acceptors (Lipinski definition) is 1. The third-order valence-corrected chi connectivity index (χ3v) is 2.81. The molecule has 0 aromatic heterocycles. The SMILES string of the molecule is CC(C)[C@H](C(=O)NC1CC1)C(C)(C)C. The van der Waals surface area contributed by atoms with Crippen LogP contribution < -0.4 is 5.32 Å². The Bertz CT molecular complexity index is 211. The molecule has 0 saturated heterocycles. The van der Waals surface area contributed by atoms with Gasteiger partial charge in [0.25, 0.3) is 0 Å². The van der Waals surface area contributed by atoms with Crippen LogP contribution in [0.3, 0.4) is 0 Å². The number of rotatable bonds is 3. The van der Waals surface area contributed by atoms with Crippen LogP contribution in [0.5, 0.6) is 0 Å². The second-order valence-corrected chi connectivity index (χ2v) is 5.87. The standard InChI is InChI=1S/C12H23NO/c1-8(2)10(12(3,4)5)11(14)13-9-6-7-9/h8-10H,6-7H2,1-5H3,(H,13,14)/t10-/m1/s1. The summed E-state index contributed by atoms with van der Waals surface area (Å²) in [6, 6.07) is 0.478. The summed E-state index contributed by atoms with van der Waals surface area (Å²) in [5.74, 6) is 0.784. The molecular formula is C12H23NO. The molecule has 0 spiro atoms. The minimum absolute atomic E-state index is 0.0626. The lowest BCUT2D eigenvalue weighted by molar-refractivity contribution is -0.130. The van der Waals surface area contributed by atoms with Gasteiger partial charge in [-0.25, -0.2) is 0 Å². The van der Waals surface area contributed by atoms with E-state index < -0.39 is 0 Å². The third-order valence-electron chi connectivity index (χ3n) is 2.81. The fraction of sp³-hybridized carbons (Fsp3) is 0.917. The molecule has 2 nitrogen and oxygen atoms in total. The lowest BCUT2D eigenvalue weighted by Crippen LogP contribution is -2.41. The van der Waals surface area contributed by atoms with Crippen LogP contribution >= 0.6 is 0 Å². The zero-order chi connectivity index (χ0) is 10.9. The van der Waals surface area contributed by atoms with E-state index in [9.17, 15) is 4.79 Å². The van der Waals surface area contributed by atoms with Gasteiger partial charge in [0.1, 0.15) is 0 Å². The minimum Gasteiger partial charge on any atom is -0.353 e. The first-order chi connectivity index (χ1) is 6.32. The molecule has 0 aromatic rings. The van der Waals surface area contributed by atoms with Crippen molar-refractivity contribution in [3.8, 4) is 0 Å². The first-order valence-electron chi connectivity index (χ1n) is 5.62. The molecule has 1 amide bonds. The Balaban J connectivity index is 2.61. The van der Waals surface area contributed by atoms with Gasteiger partial charge in [0.05, 0.1) is 0 Å². The quantitative estimate of drug-likeness (QED) is 0.740. The predicted molar refractivity (Wildman–Crippen MR) is 58.9 cm³/mol. The Morgan fingerprint density at radius 3 is 2.07 bits per heavy atom. The van der Waals surface area contributed by atoms with Gasteiger partial charge in [0.15, 0.2) is 0 Å². The normalized spacial score (nSPS) is 19.6. The molecule has 1 atom stereocenters. The maximum Gasteiger partial charge on any atom is 0.224 e. The van der Waals surface area contributed by atoms with Crippen molar-refractivity contribution in [3.63, 3.8) is 0 Å². The van der Waals surface area contributed by atoms with Crippen LogP contribution in [0.4, 0.5) is 0 Å². The van der Waals surface area contributed by atoms with E-state index in [4.69, 9.17) is 0 Å². The van der Waals surface area contributed by atoms with Crippen molar-refractivity contribution in [1.82, 2.24) is 5.32 Å². The molecule has 1 aliphatic rings. The van der Waals surface area contributed by atoms with Gasteiger partial charge in [-0.05, 0) is 24.2 Å². The highest BCUT2D eigenvalue weighted by molar-refractivity contribution is 5.80. The first-order valence-corrected chi connectivity index (χ1v) is 5.62. The van der Waals surface area contributed by atoms with E-state index in [0.29, 0.717) is 12.0 Å². The van der Waals surface area contributed by atoms with Crippen LogP contribution in [0.15, 0.2) is 0 Å². The first kappa shape index (κ1) is 11.5. The van der Waals surface area contributed by atoms with Gasteiger partial charge in [-0.2, -0.15) is 0 Å². The summed E-state index contributed by atoms with van der Waals surface area (Å²) >= 11 is 0. The summed E-state index contributed by atoms with van der Waals surface area (Å²) in [5.41, 5.74) is 0.0626. The lowest BCUT2D eigenvalue weighted by atomic mass is 9.74. The van der Waals surface area contributed by atoms with Crippen molar-refractivity contribution in [1.29, 1.82) is 0 Å². The number of carbonyl (C=O) groups excluding carboxylic acids is 1. The van der Waals surface area contributed by atoms with E-state index in [1.807, 2.05) is 0 Å². The van der Waals surface area contributed by atoms with Gasteiger partial charge in [-0.1, -0.05) is 34.6 Å². The lowest BCUT2D eigenvalue weighted by Gasteiger charge is -2.32. The highest BCUT2D eigenvalue weighted by Gasteiger charge is 2.36. The molecule has 0 aliphatic heterocycles. The third kappa shape index (κ3) is 3.00. The highest BCUT2D eigenvalue weighted by Crippen LogP contribution is 2.33. The molecule has 0 heterocycles. The smallest absolute Gasteiger partial charge is 0.224 e. The molecule has 1 rings (SSSR count). The van der Waals surface area contributed by atoms with Gasteiger partial charge in [-0.15, -0.1) is 0 Å². The fourth-order valence-corrected chi connectivity index (χ4v) is 2.21. The van der Waals surface area contributed by atoms with E-state index in [2.05, 4.69) is 39.9 Å². The van der Waals surface area contributed by atoms with Crippen LogP contribution in [0.1, 0.15) is 47.5 Å². The zero-order valence-electron chi connectivity index (χ0n) is 10.1. The van der Waals surface area contributed by atoms with Crippen LogP contribution in [0, 0.1) is 17.3 Å². The number of carbonyl (C=O) groups is 1. The van der Waals surface area contributed by atoms with E-state index >= 15 is 0 Å². The summed E-state index contributed by atoms with van der Waals surface area (Å²) in [7, 11) is 0. The number of amides is 1. The summed E-state index contributed by atoms with van der Waals surface area (Å²) in [6.07, 6.45) is 2.33. The Hall–Kier alpha value is -0.530. The van der Waals surface area contributed by atoms with Crippen molar-refractivity contribution in [3.05, 3.63) is 0 Å². The topological polar surface area (TPSA) is 29.1 Å². The Morgan fingerprint density at radius 2 is 1.79 bits per heavy atom. The maximum atomic E-state index is 12.0. The molecule has 0 bridgehead atoms. The Kier molecular flexibility index (Phi) is 3.23. The molecule has 1 saturated carbocycles. The molecule has 82 valence electrons. The Morgan fingerprint density at radius 1 is 1.29 bits per heavy atom. The van der Waals surface area contributed by atoms with Crippen molar-refractivity contribution in [2.75, 3.05) is 0 Å². The van der Waals surface area contributed by atoms with Crippen LogP contribution in [-0.4, -0.2) is 11.9 Å². The van der Waals surface area contributed by atoms with E-state index in [0.717, 1.165) is 0 Å². The monoisotopic (exact) mass is 197 g/mol. The second-order valence-electron chi connectivity index (χ2n) is 5.87. The van der Waals surface area contributed by atoms with Gasteiger partial charge < -0.3 is 5.32 Å². The molecule has 1 aliphatic carbocycles. The maximum absolute atomic E-state index is 12.0. The second kappa shape index (κ2) is 3.92. The molecule has 1 fully saturated rings. The molecule has 2 heteroatoms. The fourth-order valence-electron chi connectivity index (χ4n) is 2.21. The van der Waals surface area contributed by atoms with Gasteiger partial charge in [0, 0.05) is 12.0 Å². The molecule has 0 radical (unpaired) electrons. The summed E-state index contributed by atoms with van der Waals surface area (Å²) in [5, 5.41) is 3.10. The molecule has 0 unspecified atom stereocenters. The summed E-state index contributed by atoms with van der Waals surface area (Å²) < 4.78 is 0. The average molecular weight is 197 g/mol. The van der Waals surface area contributed by atoms with Gasteiger partial charge in [0.2, 0.25) is 5.91 Å². The molecule has 1 N–H and O–H groups in total. The van der Waals surface area contributed by atoms with Crippen molar-refractivity contribution >= 4 is 5.91 Å². The van der Waals surface area contributed by atoms with Crippen LogP contribution in [0.2, 0.25) is 0 Å². The Labute approximate surface area is 87.5 Å².